The van der Waals surface area contributed by atoms with E-state index in [1.807, 2.05) is 0 Å². The van der Waals surface area contributed by atoms with Crippen LogP contribution in [0.25, 0.3) is 5.69 Å². The molecule has 0 unspecified atom stereocenters. The molecule has 0 radical (unpaired) electrons. The van der Waals surface area contributed by atoms with Crippen molar-refractivity contribution in [1.82, 2.24) is 15.1 Å². The number of nitrogens with two attached hydrogens (primary N) is 1. The Bertz CT molecular complexity index is 769. The quantitative estimate of drug-likeness (QED) is 0.844. The largest absolute Gasteiger partial charge is 0.435 e. The number of nitrogens with one attached hydrogen (secondary N) is 1. The minimum atomic E-state index is -4.50. The summed E-state index contributed by atoms with van der Waals surface area (Å²) in [5.74, 6) is -0.280. The van der Waals surface area contributed by atoms with Gasteiger partial charge in [-0.15, -0.1) is 12.4 Å². The van der Waals surface area contributed by atoms with Gasteiger partial charge in [-0.1, -0.05) is 18.9 Å². The summed E-state index contributed by atoms with van der Waals surface area (Å²) in [4.78, 5) is 12.5. The smallest absolute Gasteiger partial charge is 0.345 e. The number of aromatic nitrogens is 2. The molecule has 1 fully saturated rings. The van der Waals surface area contributed by atoms with E-state index in [2.05, 4.69) is 10.4 Å². The average Bonchev–Trinajstić information content (AvgIpc) is 3.24. The Hall–Kier alpha value is -2.06. The molecule has 0 spiro atoms. The highest BCUT2D eigenvalue weighted by atomic mass is 35.5. The van der Waals surface area contributed by atoms with Gasteiger partial charge in [0.15, 0.2) is 5.69 Å². The van der Waals surface area contributed by atoms with Crippen molar-refractivity contribution in [3.63, 3.8) is 0 Å². The first-order chi connectivity index (χ1) is 11.8. The molecule has 1 aromatic carbocycles. The van der Waals surface area contributed by atoms with Gasteiger partial charge in [-0.2, -0.15) is 18.3 Å². The van der Waals surface area contributed by atoms with Gasteiger partial charge in [0.25, 0.3) is 5.91 Å². The zero-order valence-corrected chi connectivity index (χ0v) is 14.7. The van der Waals surface area contributed by atoms with Crippen LogP contribution in [0.1, 0.15) is 41.7 Å². The number of amides is 1. The van der Waals surface area contributed by atoms with Gasteiger partial charge in [0.1, 0.15) is 0 Å². The molecule has 0 aliphatic heterocycles. The molecule has 0 atom stereocenters. The van der Waals surface area contributed by atoms with Crippen LogP contribution in [0.5, 0.6) is 0 Å². The average molecular weight is 389 g/mol. The normalized spacial score (nSPS) is 16.2. The molecule has 2 aromatic rings. The monoisotopic (exact) mass is 388 g/mol. The van der Waals surface area contributed by atoms with E-state index in [0.29, 0.717) is 17.8 Å². The van der Waals surface area contributed by atoms with Crippen molar-refractivity contribution < 1.29 is 18.0 Å². The highest BCUT2D eigenvalue weighted by Gasteiger charge is 2.35. The van der Waals surface area contributed by atoms with Crippen LogP contribution in [0.2, 0.25) is 0 Å². The molecule has 5 nitrogen and oxygen atoms in total. The number of rotatable bonds is 4. The van der Waals surface area contributed by atoms with E-state index in [-0.39, 0.29) is 23.9 Å². The molecule has 9 heteroatoms. The second-order valence-electron chi connectivity index (χ2n) is 6.34. The summed E-state index contributed by atoms with van der Waals surface area (Å²) in [6.07, 6.45) is 0.427. The molecule has 3 rings (SSSR count). The molecule has 1 amide bonds. The second kappa shape index (κ2) is 7.67. The highest BCUT2D eigenvalue weighted by Crippen LogP contribution is 2.29. The number of carbonyl (C=O) groups is 1. The lowest BCUT2D eigenvalue weighted by Crippen LogP contribution is -2.51. The van der Waals surface area contributed by atoms with Crippen LogP contribution in [0.15, 0.2) is 36.5 Å². The highest BCUT2D eigenvalue weighted by molar-refractivity contribution is 5.95. The third-order valence-corrected chi connectivity index (χ3v) is 4.58. The minimum Gasteiger partial charge on any atom is -0.345 e. The summed E-state index contributed by atoms with van der Waals surface area (Å²) in [6.45, 7) is 0.368. The van der Waals surface area contributed by atoms with E-state index in [0.717, 1.165) is 36.4 Å². The SMILES string of the molecule is Cl.NCC1(NC(=O)c2cccc(-n3ccc(C(F)(F)F)n3)c2)CCCC1. The van der Waals surface area contributed by atoms with Crippen LogP contribution in [0.3, 0.4) is 0 Å². The van der Waals surface area contributed by atoms with Gasteiger partial charge in [0, 0.05) is 18.3 Å². The minimum absolute atomic E-state index is 0. The van der Waals surface area contributed by atoms with Crippen LogP contribution >= 0.6 is 12.4 Å². The van der Waals surface area contributed by atoms with Gasteiger partial charge in [-0.25, -0.2) is 4.68 Å². The maximum atomic E-state index is 12.7. The molecule has 1 aliphatic carbocycles. The molecular weight excluding hydrogens is 369 g/mol. The summed E-state index contributed by atoms with van der Waals surface area (Å²) >= 11 is 0. The first kappa shape index (κ1) is 20.3. The fraction of sp³-hybridized carbons (Fsp3) is 0.412. The molecule has 1 heterocycles. The molecule has 3 N–H and O–H groups in total. The Kier molecular flexibility index (Phi) is 5.98. The first-order valence-electron chi connectivity index (χ1n) is 8.09. The van der Waals surface area contributed by atoms with Gasteiger partial charge in [-0.3, -0.25) is 4.79 Å². The molecule has 1 aliphatic rings. The topological polar surface area (TPSA) is 72.9 Å². The first-order valence-corrected chi connectivity index (χ1v) is 8.09. The van der Waals surface area contributed by atoms with E-state index in [9.17, 15) is 18.0 Å². The molecule has 0 saturated heterocycles. The van der Waals surface area contributed by atoms with Gasteiger partial charge >= 0.3 is 6.18 Å². The summed E-state index contributed by atoms with van der Waals surface area (Å²) in [5.41, 5.74) is 5.21. The number of hydrogen-bond donors (Lipinski definition) is 2. The van der Waals surface area contributed by atoms with E-state index in [1.165, 1.54) is 12.3 Å². The Morgan fingerprint density at radius 2 is 1.96 bits per heavy atom. The summed E-state index contributed by atoms with van der Waals surface area (Å²) in [6, 6.07) is 7.24. The summed E-state index contributed by atoms with van der Waals surface area (Å²) < 4.78 is 39.1. The Labute approximate surface area is 155 Å². The third kappa shape index (κ3) is 4.19. The van der Waals surface area contributed by atoms with Crippen LogP contribution < -0.4 is 11.1 Å². The summed E-state index contributed by atoms with van der Waals surface area (Å²) in [7, 11) is 0. The lowest BCUT2D eigenvalue weighted by Gasteiger charge is -2.28. The fourth-order valence-electron chi connectivity index (χ4n) is 3.15. The zero-order valence-electron chi connectivity index (χ0n) is 13.9. The van der Waals surface area contributed by atoms with Crippen LogP contribution in [-0.4, -0.2) is 27.8 Å². The predicted molar refractivity (Wildman–Crippen MR) is 93.5 cm³/mol. The van der Waals surface area contributed by atoms with Gasteiger partial charge in [0.2, 0.25) is 0 Å². The van der Waals surface area contributed by atoms with E-state index in [1.54, 1.807) is 18.2 Å². The lowest BCUT2D eigenvalue weighted by atomic mass is 9.97. The van der Waals surface area contributed by atoms with Crippen molar-refractivity contribution >= 4 is 18.3 Å². The van der Waals surface area contributed by atoms with Gasteiger partial charge < -0.3 is 11.1 Å². The standard InChI is InChI=1S/C17H19F3N4O.ClH/c18-17(19,20)14-6-9-24(23-14)13-5-3-4-12(10-13)15(25)22-16(11-21)7-1-2-8-16;/h3-6,9-10H,1-2,7-8,11,21H2,(H,22,25);1H. The maximum Gasteiger partial charge on any atom is 0.435 e. The molecule has 26 heavy (non-hydrogen) atoms. The zero-order chi connectivity index (χ0) is 18.1. The number of hydrogen-bond acceptors (Lipinski definition) is 3. The van der Waals surface area contributed by atoms with Crippen molar-refractivity contribution in [2.45, 2.75) is 37.4 Å². The molecular formula is C17H20ClF3N4O. The Morgan fingerprint density at radius 1 is 1.27 bits per heavy atom. The van der Waals surface area contributed by atoms with Gasteiger partial charge in [-0.05, 0) is 37.1 Å². The Balaban J connectivity index is 0.00000243. The summed E-state index contributed by atoms with van der Waals surface area (Å²) in [5, 5.41) is 6.52. The maximum absolute atomic E-state index is 12.7. The van der Waals surface area contributed by atoms with Crippen LogP contribution in [-0.2, 0) is 6.18 Å². The van der Waals surface area contributed by atoms with Crippen molar-refractivity contribution in [1.29, 1.82) is 0 Å². The number of benzene rings is 1. The second-order valence-corrected chi connectivity index (χ2v) is 6.34. The van der Waals surface area contributed by atoms with Crippen molar-refractivity contribution in [2.75, 3.05) is 6.54 Å². The van der Waals surface area contributed by atoms with Gasteiger partial charge in [0.05, 0.1) is 11.2 Å². The predicted octanol–water partition coefficient (Wildman–Crippen LogP) is 3.31. The number of nitrogens with zero attached hydrogens (tertiary/aromatic N) is 2. The van der Waals surface area contributed by atoms with Crippen molar-refractivity contribution in [3.05, 3.63) is 47.8 Å². The van der Waals surface area contributed by atoms with Crippen LogP contribution in [0, 0.1) is 0 Å². The number of halogens is 4. The molecule has 1 saturated carbocycles. The van der Waals surface area contributed by atoms with Crippen molar-refractivity contribution in [3.8, 4) is 5.69 Å². The van der Waals surface area contributed by atoms with Crippen LogP contribution in [0.4, 0.5) is 13.2 Å². The molecule has 142 valence electrons. The van der Waals surface area contributed by atoms with E-state index < -0.39 is 11.9 Å². The van der Waals surface area contributed by atoms with E-state index >= 15 is 0 Å². The Morgan fingerprint density at radius 3 is 2.54 bits per heavy atom. The molecule has 1 aromatic heterocycles. The number of carbonyl (C=O) groups excluding carboxylic acids is 1. The number of alkyl halides is 3. The fourth-order valence-corrected chi connectivity index (χ4v) is 3.15. The van der Waals surface area contributed by atoms with E-state index in [4.69, 9.17) is 5.73 Å². The van der Waals surface area contributed by atoms with Crippen molar-refractivity contribution in [2.24, 2.45) is 5.73 Å². The third-order valence-electron chi connectivity index (χ3n) is 4.58. The molecule has 0 bridgehead atoms. The lowest BCUT2D eigenvalue weighted by molar-refractivity contribution is -0.141.